The Morgan fingerprint density at radius 2 is 0.769 bits per heavy atom. The molecule has 3 aromatic carbocycles. The van der Waals surface area contributed by atoms with Crippen LogP contribution in [0.3, 0.4) is 0 Å². The van der Waals surface area contributed by atoms with Crippen LogP contribution in [0.1, 0.15) is 33.4 Å². The van der Waals surface area contributed by atoms with Crippen molar-refractivity contribution in [1.29, 1.82) is 0 Å². The Labute approximate surface area is 168 Å². The van der Waals surface area contributed by atoms with Crippen LogP contribution < -0.4 is 10.7 Å². The minimum atomic E-state index is -3.28. The van der Waals surface area contributed by atoms with E-state index in [-0.39, 0.29) is 0 Å². The van der Waals surface area contributed by atoms with Crippen molar-refractivity contribution in [2.75, 3.05) is 0 Å². The van der Waals surface area contributed by atoms with Crippen LogP contribution in [0.15, 0.2) is 54.6 Å². The maximum atomic E-state index is 4.47. The Kier molecular flexibility index (Phi) is 5.69. The number of hydrogen-bond donors (Lipinski definition) is 0. The molecule has 0 saturated heterocycles. The Bertz CT molecular complexity index is 847. The Balaban J connectivity index is 2.45. The van der Waals surface area contributed by atoms with Gasteiger partial charge in [-0.2, -0.15) is 0 Å². The Morgan fingerprint density at radius 3 is 1.04 bits per heavy atom. The summed E-state index contributed by atoms with van der Waals surface area (Å²) in [4.78, 5) is 0. The second-order valence-electron chi connectivity index (χ2n) is 7.61. The quantitative estimate of drug-likeness (QED) is 0.437. The molecule has 0 N–H and O–H groups in total. The Morgan fingerprint density at radius 1 is 0.500 bits per heavy atom. The van der Waals surface area contributed by atoms with Gasteiger partial charge in [-0.25, -0.2) is 0 Å². The third-order valence-electron chi connectivity index (χ3n) is 5.29. The molecule has 0 nitrogen and oxygen atoms in total. The van der Waals surface area contributed by atoms with Gasteiger partial charge >= 0.3 is 169 Å². The van der Waals surface area contributed by atoms with Crippen LogP contribution in [0, 0.1) is 41.5 Å². The molecule has 3 rings (SSSR count). The van der Waals surface area contributed by atoms with Gasteiger partial charge in [0.05, 0.1) is 0 Å². The van der Waals surface area contributed by atoms with Crippen molar-refractivity contribution in [3.05, 3.63) is 88.0 Å². The molecule has 0 radical (unpaired) electrons. The van der Waals surface area contributed by atoms with E-state index in [0.717, 1.165) is 0 Å². The van der Waals surface area contributed by atoms with Gasteiger partial charge in [0.15, 0.2) is 0 Å². The van der Waals surface area contributed by atoms with Crippen molar-refractivity contribution in [3.8, 4) is 0 Å². The van der Waals surface area contributed by atoms with Crippen LogP contribution in [0.5, 0.6) is 0 Å². The number of halogens is 1. The fraction of sp³-hybridized carbons (Fsp3) is 0.250. The van der Waals surface area contributed by atoms with Crippen molar-refractivity contribution in [2.24, 2.45) is 0 Å². The van der Waals surface area contributed by atoms with Crippen molar-refractivity contribution in [3.63, 3.8) is 0 Å². The van der Waals surface area contributed by atoms with E-state index in [0.29, 0.717) is 0 Å². The summed E-state index contributed by atoms with van der Waals surface area (Å²) in [5.41, 5.74) is 8.19. The predicted molar refractivity (Wildman–Crippen MR) is 121 cm³/mol. The van der Waals surface area contributed by atoms with Crippen LogP contribution in [-0.2, 0) is 0 Å². The number of hydrogen-bond acceptors (Lipinski definition) is 0. The van der Waals surface area contributed by atoms with E-state index in [9.17, 15) is 0 Å². The number of benzene rings is 3. The van der Waals surface area contributed by atoms with Gasteiger partial charge in [0.25, 0.3) is 0 Å². The van der Waals surface area contributed by atoms with E-state index in [2.05, 4.69) is 109 Å². The van der Waals surface area contributed by atoms with Gasteiger partial charge in [0.1, 0.15) is 0 Å². The molecule has 0 spiro atoms. The van der Waals surface area contributed by atoms with Crippen molar-refractivity contribution < 1.29 is 0 Å². The maximum absolute atomic E-state index is 4.47. The molecule has 0 fully saturated rings. The van der Waals surface area contributed by atoms with E-state index in [1.54, 1.807) is 0 Å². The molecule has 0 aliphatic heterocycles. The zero-order valence-corrected chi connectivity index (χ0v) is 21.0. The normalized spacial score (nSPS) is 11.7. The molecule has 0 aliphatic carbocycles. The first kappa shape index (κ1) is 19.7. The topological polar surface area (TPSA) is 0 Å². The van der Waals surface area contributed by atoms with E-state index >= 15 is 0 Å². The van der Waals surface area contributed by atoms with E-state index in [4.69, 9.17) is 0 Å². The molecular formula is C24H27BrSn. The molecule has 0 bridgehead atoms. The third-order valence-corrected chi connectivity index (χ3v) is 24.9. The molecule has 2 heteroatoms. The second kappa shape index (κ2) is 7.52. The zero-order valence-electron chi connectivity index (χ0n) is 16.6. The summed E-state index contributed by atoms with van der Waals surface area (Å²) >= 11 is 1.19. The zero-order chi connectivity index (χ0) is 19.1. The molecule has 134 valence electrons. The predicted octanol–water partition coefficient (Wildman–Crippen LogP) is 4.90. The first-order valence-corrected chi connectivity index (χ1v) is 19.8. The van der Waals surface area contributed by atoms with Gasteiger partial charge in [-0.3, -0.25) is 0 Å². The molecular weight excluding hydrogens is 487 g/mol. The van der Waals surface area contributed by atoms with E-state index in [1.165, 1.54) is 44.1 Å². The van der Waals surface area contributed by atoms with Crippen molar-refractivity contribution in [2.45, 2.75) is 41.5 Å². The van der Waals surface area contributed by atoms with Gasteiger partial charge in [-0.15, -0.1) is 0 Å². The molecule has 0 amide bonds. The summed E-state index contributed by atoms with van der Waals surface area (Å²) in [6.45, 7) is 13.4. The van der Waals surface area contributed by atoms with Crippen molar-refractivity contribution in [1.82, 2.24) is 0 Å². The molecule has 3 aromatic rings. The fourth-order valence-corrected chi connectivity index (χ4v) is 23.9. The molecule has 0 aliphatic rings. The summed E-state index contributed by atoms with van der Waals surface area (Å²) in [5.74, 6) is 0. The van der Waals surface area contributed by atoms with E-state index in [1.807, 2.05) is 0 Å². The average molecular weight is 514 g/mol. The standard InChI is InChI=1S/3C8H9.BrH.Sn/c3*1-7-3-5-8(2)6-4-7;;/h3*3-5H,1-2H3;1H;/q;;;;+1/p-1. The molecule has 26 heavy (non-hydrogen) atoms. The second-order valence-corrected chi connectivity index (χ2v) is 24.0. The van der Waals surface area contributed by atoms with E-state index < -0.39 is 16.2 Å². The van der Waals surface area contributed by atoms with Crippen LogP contribution in [0.25, 0.3) is 0 Å². The summed E-state index contributed by atoms with van der Waals surface area (Å²) in [7, 11) is 0. The van der Waals surface area contributed by atoms with Crippen molar-refractivity contribution >= 4 is 39.6 Å². The van der Waals surface area contributed by atoms with Crippen LogP contribution >= 0.6 is 12.7 Å². The van der Waals surface area contributed by atoms with Crippen LogP contribution in [0.4, 0.5) is 0 Å². The van der Waals surface area contributed by atoms with Crippen LogP contribution in [-0.4, -0.2) is 16.2 Å². The first-order chi connectivity index (χ1) is 12.2. The van der Waals surface area contributed by atoms with Gasteiger partial charge in [0.2, 0.25) is 0 Å². The van der Waals surface area contributed by atoms with Gasteiger partial charge < -0.3 is 0 Å². The van der Waals surface area contributed by atoms with Gasteiger partial charge in [-0.05, 0) is 0 Å². The monoisotopic (exact) mass is 514 g/mol. The number of aryl methyl sites for hydroxylation is 6. The minimum absolute atomic E-state index is 1.33. The fourth-order valence-electron chi connectivity index (χ4n) is 3.76. The summed E-state index contributed by atoms with van der Waals surface area (Å²) in [5, 5.41) is 0. The molecule has 0 unspecified atom stereocenters. The third kappa shape index (κ3) is 3.53. The summed E-state index contributed by atoms with van der Waals surface area (Å²) < 4.78 is 4.59. The van der Waals surface area contributed by atoms with Gasteiger partial charge in [0, 0.05) is 0 Å². The van der Waals surface area contributed by atoms with Crippen LogP contribution in [0.2, 0.25) is 0 Å². The first-order valence-electron chi connectivity index (χ1n) is 9.15. The SMILES string of the molecule is Cc1ccc(C)[c]([Sn]([Br])([c]2cc(C)ccc2C)[c]2cc(C)ccc2C)c1. The number of rotatable bonds is 3. The molecule has 0 heterocycles. The molecule has 0 aromatic heterocycles. The average Bonchev–Trinajstić information content (AvgIpc) is 2.60. The molecule has 0 saturated carbocycles. The summed E-state index contributed by atoms with van der Waals surface area (Å²) in [6, 6.07) is 20.8. The molecule has 0 atom stereocenters. The van der Waals surface area contributed by atoms with Gasteiger partial charge in [-0.1, -0.05) is 0 Å². The summed E-state index contributed by atoms with van der Waals surface area (Å²) in [6.07, 6.45) is 0. The Hall–Kier alpha value is -1.06.